The summed E-state index contributed by atoms with van der Waals surface area (Å²) >= 11 is 3.39. The number of rotatable bonds is 3. The lowest BCUT2D eigenvalue weighted by Crippen LogP contribution is -1.91. The van der Waals surface area contributed by atoms with Gasteiger partial charge in [-0.05, 0) is 40.5 Å². The first-order chi connectivity index (χ1) is 8.20. The second-order valence-corrected chi connectivity index (χ2v) is 4.42. The van der Waals surface area contributed by atoms with Gasteiger partial charge >= 0.3 is 0 Å². The molecule has 0 saturated heterocycles. The minimum atomic E-state index is 0.685. The van der Waals surface area contributed by atoms with Crippen molar-refractivity contribution >= 4 is 15.9 Å². The summed E-state index contributed by atoms with van der Waals surface area (Å²) in [5, 5.41) is 0. The van der Waals surface area contributed by atoms with E-state index in [1.165, 1.54) is 0 Å². The van der Waals surface area contributed by atoms with Crippen molar-refractivity contribution in [3.63, 3.8) is 0 Å². The molecule has 0 amide bonds. The van der Waals surface area contributed by atoms with Gasteiger partial charge in [-0.25, -0.2) is 0 Å². The predicted molar refractivity (Wildman–Crippen MR) is 69.7 cm³/mol. The SMILES string of the molecule is COc1cc(C)ccc1Oc1ccncc1Br. The minimum absolute atomic E-state index is 0.685. The molecule has 1 aromatic carbocycles. The molecule has 0 spiro atoms. The Kier molecular flexibility index (Phi) is 3.64. The highest BCUT2D eigenvalue weighted by atomic mass is 79.9. The molecule has 17 heavy (non-hydrogen) atoms. The molecular formula is C13H12BrNO2. The van der Waals surface area contributed by atoms with Crippen LogP contribution in [0.3, 0.4) is 0 Å². The van der Waals surface area contributed by atoms with Crippen molar-refractivity contribution in [2.75, 3.05) is 7.11 Å². The molecule has 2 rings (SSSR count). The van der Waals surface area contributed by atoms with Crippen LogP contribution < -0.4 is 9.47 Å². The highest BCUT2D eigenvalue weighted by Gasteiger charge is 2.07. The Morgan fingerprint density at radius 1 is 1.12 bits per heavy atom. The normalized spacial score (nSPS) is 10.1. The van der Waals surface area contributed by atoms with Crippen LogP contribution in [-0.2, 0) is 0 Å². The van der Waals surface area contributed by atoms with E-state index in [1.54, 1.807) is 25.6 Å². The monoisotopic (exact) mass is 293 g/mol. The Bertz CT molecular complexity index is 529. The number of benzene rings is 1. The third-order valence-corrected chi connectivity index (χ3v) is 2.87. The van der Waals surface area contributed by atoms with Crippen LogP contribution in [0.25, 0.3) is 0 Å². The molecule has 0 bridgehead atoms. The second-order valence-electron chi connectivity index (χ2n) is 3.56. The molecular weight excluding hydrogens is 282 g/mol. The number of hydrogen-bond acceptors (Lipinski definition) is 3. The molecule has 0 saturated carbocycles. The number of ether oxygens (including phenoxy) is 2. The van der Waals surface area contributed by atoms with E-state index in [4.69, 9.17) is 9.47 Å². The third-order valence-electron chi connectivity index (χ3n) is 2.27. The van der Waals surface area contributed by atoms with Crippen molar-refractivity contribution in [2.24, 2.45) is 0 Å². The molecule has 88 valence electrons. The van der Waals surface area contributed by atoms with Crippen LogP contribution in [0, 0.1) is 6.92 Å². The van der Waals surface area contributed by atoms with Gasteiger partial charge in [0.05, 0.1) is 11.6 Å². The van der Waals surface area contributed by atoms with Gasteiger partial charge in [0.15, 0.2) is 11.5 Å². The maximum atomic E-state index is 5.77. The van der Waals surface area contributed by atoms with Crippen molar-refractivity contribution in [3.05, 3.63) is 46.7 Å². The standard InChI is InChI=1S/C13H12BrNO2/c1-9-3-4-12(13(7-9)16-2)17-11-5-6-15-8-10(11)14/h3-8H,1-2H3. The number of aryl methyl sites for hydroxylation is 1. The first-order valence-corrected chi connectivity index (χ1v) is 5.92. The second kappa shape index (κ2) is 5.19. The topological polar surface area (TPSA) is 31.4 Å². The van der Waals surface area contributed by atoms with Crippen LogP contribution in [-0.4, -0.2) is 12.1 Å². The molecule has 0 aliphatic carbocycles. The summed E-state index contributed by atoms with van der Waals surface area (Å²) < 4.78 is 11.9. The molecule has 0 aliphatic rings. The molecule has 1 heterocycles. The van der Waals surface area contributed by atoms with E-state index in [0.717, 1.165) is 10.0 Å². The van der Waals surface area contributed by atoms with Gasteiger partial charge in [-0.1, -0.05) is 6.07 Å². The molecule has 1 aromatic heterocycles. The van der Waals surface area contributed by atoms with Crippen molar-refractivity contribution in [3.8, 4) is 17.2 Å². The maximum absolute atomic E-state index is 5.77. The van der Waals surface area contributed by atoms with Crippen molar-refractivity contribution in [1.82, 2.24) is 4.98 Å². The third kappa shape index (κ3) is 2.77. The number of halogens is 1. The van der Waals surface area contributed by atoms with Crippen LogP contribution in [0.2, 0.25) is 0 Å². The van der Waals surface area contributed by atoms with E-state index in [2.05, 4.69) is 20.9 Å². The zero-order valence-electron chi connectivity index (χ0n) is 9.61. The van der Waals surface area contributed by atoms with Crippen molar-refractivity contribution in [1.29, 1.82) is 0 Å². The largest absolute Gasteiger partial charge is 0.493 e. The van der Waals surface area contributed by atoms with Crippen molar-refractivity contribution in [2.45, 2.75) is 6.92 Å². The number of pyridine rings is 1. The van der Waals surface area contributed by atoms with Crippen LogP contribution in [0.4, 0.5) is 0 Å². The zero-order chi connectivity index (χ0) is 12.3. The Hall–Kier alpha value is -1.55. The molecule has 0 radical (unpaired) electrons. The first kappa shape index (κ1) is 11.9. The molecule has 0 unspecified atom stereocenters. The number of aromatic nitrogens is 1. The summed E-state index contributed by atoms with van der Waals surface area (Å²) in [6.07, 6.45) is 3.37. The summed E-state index contributed by atoms with van der Waals surface area (Å²) in [5.41, 5.74) is 1.13. The van der Waals surface area contributed by atoms with Crippen LogP contribution in [0.15, 0.2) is 41.1 Å². The van der Waals surface area contributed by atoms with Crippen LogP contribution >= 0.6 is 15.9 Å². The first-order valence-electron chi connectivity index (χ1n) is 5.12. The van der Waals surface area contributed by atoms with E-state index >= 15 is 0 Å². The van der Waals surface area contributed by atoms with E-state index in [-0.39, 0.29) is 0 Å². The lowest BCUT2D eigenvalue weighted by atomic mass is 10.2. The Balaban J connectivity index is 2.33. The summed E-state index contributed by atoms with van der Waals surface area (Å²) in [7, 11) is 1.63. The number of methoxy groups -OCH3 is 1. The predicted octanol–water partition coefficient (Wildman–Crippen LogP) is 3.95. The van der Waals surface area contributed by atoms with Crippen molar-refractivity contribution < 1.29 is 9.47 Å². The molecule has 0 aliphatic heterocycles. The Labute approximate surface area is 109 Å². The van der Waals surface area contributed by atoms with E-state index in [9.17, 15) is 0 Å². The maximum Gasteiger partial charge on any atom is 0.169 e. The van der Waals surface area contributed by atoms with Gasteiger partial charge in [0, 0.05) is 18.5 Å². The lowest BCUT2D eigenvalue weighted by molar-refractivity contribution is 0.377. The highest BCUT2D eigenvalue weighted by molar-refractivity contribution is 9.10. The fraction of sp³-hybridized carbons (Fsp3) is 0.154. The quantitative estimate of drug-likeness (QED) is 0.858. The summed E-state index contributed by atoms with van der Waals surface area (Å²) in [6.45, 7) is 2.01. The molecule has 2 aromatic rings. The average molecular weight is 294 g/mol. The van der Waals surface area contributed by atoms with E-state index in [0.29, 0.717) is 17.2 Å². The zero-order valence-corrected chi connectivity index (χ0v) is 11.2. The fourth-order valence-corrected chi connectivity index (χ4v) is 1.75. The van der Waals surface area contributed by atoms with Gasteiger partial charge in [0.1, 0.15) is 5.75 Å². The smallest absolute Gasteiger partial charge is 0.169 e. The lowest BCUT2D eigenvalue weighted by Gasteiger charge is -2.11. The van der Waals surface area contributed by atoms with Gasteiger partial charge in [0.25, 0.3) is 0 Å². The van der Waals surface area contributed by atoms with E-state index in [1.807, 2.05) is 25.1 Å². The van der Waals surface area contributed by atoms with E-state index < -0.39 is 0 Å². The Morgan fingerprint density at radius 3 is 2.65 bits per heavy atom. The molecule has 0 N–H and O–H groups in total. The average Bonchev–Trinajstić information content (AvgIpc) is 2.34. The number of hydrogen-bond donors (Lipinski definition) is 0. The van der Waals surface area contributed by atoms with Gasteiger partial charge in [-0.15, -0.1) is 0 Å². The Morgan fingerprint density at radius 2 is 1.94 bits per heavy atom. The molecule has 3 nitrogen and oxygen atoms in total. The highest BCUT2D eigenvalue weighted by Crippen LogP contribution is 2.34. The summed E-state index contributed by atoms with van der Waals surface area (Å²) in [5.74, 6) is 2.11. The molecule has 4 heteroatoms. The van der Waals surface area contributed by atoms with Gasteiger partial charge in [-0.2, -0.15) is 0 Å². The minimum Gasteiger partial charge on any atom is -0.493 e. The summed E-state index contributed by atoms with van der Waals surface area (Å²) in [6, 6.07) is 7.60. The molecule has 0 atom stereocenters. The van der Waals surface area contributed by atoms with Gasteiger partial charge in [0.2, 0.25) is 0 Å². The van der Waals surface area contributed by atoms with Gasteiger partial charge < -0.3 is 9.47 Å². The van der Waals surface area contributed by atoms with Crippen LogP contribution in [0.5, 0.6) is 17.2 Å². The number of nitrogens with zero attached hydrogens (tertiary/aromatic N) is 1. The molecule has 0 fully saturated rings. The van der Waals surface area contributed by atoms with Gasteiger partial charge in [-0.3, -0.25) is 4.98 Å². The van der Waals surface area contributed by atoms with Crippen LogP contribution in [0.1, 0.15) is 5.56 Å². The summed E-state index contributed by atoms with van der Waals surface area (Å²) in [4.78, 5) is 3.99. The fourth-order valence-electron chi connectivity index (χ4n) is 1.42.